The van der Waals surface area contributed by atoms with E-state index in [9.17, 15) is 4.79 Å². The Morgan fingerprint density at radius 2 is 2.38 bits per heavy atom. The second-order valence-electron chi connectivity index (χ2n) is 2.74. The van der Waals surface area contributed by atoms with E-state index in [4.69, 9.17) is 0 Å². The number of carbonyl (C=O) groups is 1. The summed E-state index contributed by atoms with van der Waals surface area (Å²) in [6.07, 6.45) is 5.89. The molecule has 0 spiro atoms. The van der Waals surface area contributed by atoms with Crippen LogP contribution < -0.4 is 0 Å². The van der Waals surface area contributed by atoms with Crippen molar-refractivity contribution in [3.8, 4) is 0 Å². The summed E-state index contributed by atoms with van der Waals surface area (Å²) in [7, 11) is 0. The molecule has 1 aromatic heterocycles. The monoisotopic (exact) mass is 175 g/mol. The third-order valence-corrected chi connectivity index (χ3v) is 1.94. The van der Waals surface area contributed by atoms with E-state index in [-0.39, 0.29) is 5.78 Å². The topological polar surface area (TPSA) is 30.0 Å². The van der Waals surface area contributed by atoms with Crippen LogP contribution in [0.15, 0.2) is 36.2 Å². The zero-order valence-corrected chi connectivity index (χ0v) is 7.95. The van der Waals surface area contributed by atoms with Gasteiger partial charge in [0.1, 0.15) is 0 Å². The predicted molar refractivity (Wildman–Crippen MR) is 52.6 cm³/mol. The van der Waals surface area contributed by atoms with Crippen LogP contribution in [-0.4, -0.2) is 10.8 Å². The summed E-state index contributed by atoms with van der Waals surface area (Å²) in [5.74, 6) is 0.0816. The van der Waals surface area contributed by atoms with Gasteiger partial charge in [-0.3, -0.25) is 9.78 Å². The molecule has 0 aliphatic rings. The number of rotatable bonds is 3. The molecule has 0 fully saturated rings. The van der Waals surface area contributed by atoms with Crippen molar-refractivity contribution in [1.29, 1.82) is 0 Å². The lowest BCUT2D eigenvalue weighted by molar-refractivity contribution is 0.103. The van der Waals surface area contributed by atoms with Gasteiger partial charge in [0.15, 0.2) is 5.78 Å². The van der Waals surface area contributed by atoms with Crippen LogP contribution in [-0.2, 0) is 0 Å². The Balaban J connectivity index is 2.92. The van der Waals surface area contributed by atoms with Gasteiger partial charge in [-0.15, -0.1) is 0 Å². The Morgan fingerprint density at radius 3 is 2.85 bits per heavy atom. The summed E-state index contributed by atoms with van der Waals surface area (Å²) in [5, 5.41) is 0. The van der Waals surface area contributed by atoms with Crippen LogP contribution in [0.1, 0.15) is 30.6 Å². The standard InChI is InChI=1S/C11H13NO/c1-3-9(4-2)11(13)10-6-5-7-12-8-10/h3,5-8H,4H2,1-2H3/b9-3-. The van der Waals surface area contributed by atoms with Gasteiger partial charge in [0.2, 0.25) is 0 Å². The maximum absolute atomic E-state index is 11.7. The van der Waals surface area contributed by atoms with Gasteiger partial charge < -0.3 is 0 Å². The minimum atomic E-state index is 0.0816. The molecular weight excluding hydrogens is 162 g/mol. The van der Waals surface area contributed by atoms with Gasteiger partial charge in [-0.05, 0) is 31.1 Å². The number of hydrogen-bond donors (Lipinski definition) is 0. The fourth-order valence-corrected chi connectivity index (χ4v) is 1.18. The highest BCUT2D eigenvalue weighted by Gasteiger charge is 2.08. The van der Waals surface area contributed by atoms with Crippen molar-refractivity contribution in [3.63, 3.8) is 0 Å². The molecule has 1 heterocycles. The average Bonchev–Trinajstić information content (AvgIpc) is 2.21. The van der Waals surface area contributed by atoms with Gasteiger partial charge in [-0.1, -0.05) is 13.0 Å². The highest BCUT2D eigenvalue weighted by Crippen LogP contribution is 2.09. The van der Waals surface area contributed by atoms with E-state index in [0.29, 0.717) is 5.56 Å². The summed E-state index contributed by atoms with van der Waals surface area (Å²) in [4.78, 5) is 15.6. The van der Waals surface area contributed by atoms with E-state index in [1.54, 1.807) is 24.5 Å². The minimum Gasteiger partial charge on any atom is -0.289 e. The average molecular weight is 175 g/mol. The number of allylic oxidation sites excluding steroid dienone is 2. The Bertz CT molecular complexity index is 314. The van der Waals surface area contributed by atoms with Gasteiger partial charge in [0.25, 0.3) is 0 Å². The van der Waals surface area contributed by atoms with E-state index >= 15 is 0 Å². The van der Waals surface area contributed by atoms with Gasteiger partial charge >= 0.3 is 0 Å². The zero-order valence-electron chi connectivity index (χ0n) is 7.95. The molecule has 13 heavy (non-hydrogen) atoms. The molecule has 68 valence electrons. The van der Waals surface area contributed by atoms with Crippen LogP contribution in [0.5, 0.6) is 0 Å². The number of pyridine rings is 1. The highest BCUT2D eigenvalue weighted by atomic mass is 16.1. The highest BCUT2D eigenvalue weighted by molar-refractivity contribution is 6.08. The van der Waals surface area contributed by atoms with Crippen LogP contribution in [0.3, 0.4) is 0 Å². The predicted octanol–water partition coefficient (Wildman–Crippen LogP) is 2.62. The molecule has 0 aliphatic carbocycles. The Hall–Kier alpha value is -1.44. The van der Waals surface area contributed by atoms with Crippen LogP contribution in [0.25, 0.3) is 0 Å². The summed E-state index contributed by atoms with van der Waals surface area (Å²) >= 11 is 0. The van der Waals surface area contributed by atoms with Gasteiger partial charge in [0.05, 0.1) is 0 Å². The Morgan fingerprint density at radius 1 is 1.62 bits per heavy atom. The maximum atomic E-state index is 11.7. The largest absolute Gasteiger partial charge is 0.289 e. The first-order valence-electron chi connectivity index (χ1n) is 4.39. The summed E-state index contributed by atoms with van der Waals surface area (Å²) < 4.78 is 0. The molecule has 0 bridgehead atoms. The molecule has 1 aromatic rings. The number of ketones is 1. The second-order valence-corrected chi connectivity index (χ2v) is 2.74. The van der Waals surface area contributed by atoms with Crippen molar-refractivity contribution in [1.82, 2.24) is 4.98 Å². The summed E-state index contributed by atoms with van der Waals surface area (Å²) in [5.41, 5.74) is 1.51. The molecule has 2 heteroatoms. The van der Waals surface area contributed by atoms with Crippen molar-refractivity contribution >= 4 is 5.78 Å². The van der Waals surface area contributed by atoms with E-state index in [1.807, 2.05) is 19.9 Å². The fraction of sp³-hybridized carbons (Fsp3) is 0.273. The zero-order chi connectivity index (χ0) is 9.68. The van der Waals surface area contributed by atoms with Gasteiger partial charge in [0, 0.05) is 18.0 Å². The number of carbonyl (C=O) groups excluding carboxylic acids is 1. The molecule has 0 radical (unpaired) electrons. The van der Waals surface area contributed by atoms with Crippen LogP contribution in [0.2, 0.25) is 0 Å². The molecule has 0 amide bonds. The van der Waals surface area contributed by atoms with E-state index < -0.39 is 0 Å². The van der Waals surface area contributed by atoms with E-state index in [0.717, 1.165) is 12.0 Å². The third kappa shape index (κ3) is 2.25. The van der Waals surface area contributed by atoms with Crippen molar-refractivity contribution < 1.29 is 4.79 Å². The van der Waals surface area contributed by atoms with E-state index in [1.165, 1.54) is 0 Å². The quantitative estimate of drug-likeness (QED) is 0.522. The van der Waals surface area contributed by atoms with Crippen molar-refractivity contribution in [3.05, 3.63) is 41.7 Å². The van der Waals surface area contributed by atoms with E-state index in [2.05, 4.69) is 4.98 Å². The van der Waals surface area contributed by atoms with Crippen LogP contribution in [0, 0.1) is 0 Å². The number of hydrogen-bond acceptors (Lipinski definition) is 2. The third-order valence-electron chi connectivity index (χ3n) is 1.94. The molecule has 0 aliphatic heterocycles. The van der Waals surface area contributed by atoms with Crippen molar-refractivity contribution in [2.45, 2.75) is 20.3 Å². The van der Waals surface area contributed by atoms with Crippen LogP contribution in [0.4, 0.5) is 0 Å². The molecule has 0 saturated carbocycles. The van der Waals surface area contributed by atoms with Crippen molar-refractivity contribution in [2.75, 3.05) is 0 Å². The normalized spacial score (nSPS) is 11.4. The Labute approximate surface area is 78.3 Å². The number of aromatic nitrogens is 1. The lowest BCUT2D eigenvalue weighted by Crippen LogP contribution is -2.02. The minimum absolute atomic E-state index is 0.0816. The SMILES string of the molecule is C/C=C(/CC)C(=O)c1cccnc1. The molecule has 0 aromatic carbocycles. The second kappa shape index (κ2) is 4.55. The fourth-order valence-electron chi connectivity index (χ4n) is 1.18. The molecule has 1 rings (SSSR count). The molecule has 0 unspecified atom stereocenters. The van der Waals surface area contributed by atoms with Gasteiger partial charge in [-0.2, -0.15) is 0 Å². The Kier molecular flexibility index (Phi) is 3.38. The first kappa shape index (κ1) is 9.65. The molecule has 0 saturated heterocycles. The lowest BCUT2D eigenvalue weighted by atomic mass is 10.0. The first-order chi connectivity index (χ1) is 6.29. The van der Waals surface area contributed by atoms with Gasteiger partial charge in [-0.25, -0.2) is 0 Å². The van der Waals surface area contributed by atoms with Crippen LogP contribution >= 0.6 is 0 Å². The summed E-state index contributed by atoms with van der Waals surface area (Å²) in [6, 6.07) is 3.56. The number of Topliss-reactive ketones (excluding diaryl/α,β-unsaturated/α-hetero) is 1. The lowest BCUT2D eigenvalue weighted by Gasteiger charge is -2.01. The first-order valence-corrected chi connectivity index (χ1v) is 4.39. The maximum Gasteiger partial charge on any atom is 0.190 e. The summed E-state index contributed by atoms with van der Waals surface area (Å²) in [6.45, 7) is 3.86. The molecule has 0 N–H and O–H groups in total. The molecular formula is C11H13NO. The smallest absolute Gasteiger partial charge is 0.190 e. The number of nitrogens with zero attached hydrogens (tertiary/aromatic N) is 1. The molecule has 0 atom stereocenters. The molecule has 2 nitrogen and oxygen atoms in total. The van der Waals surface area contributed by atoms with Crippen molar-refractivity contribution in [2.24, 2.45) is 0 Å².